The zero-order valence-corrected chi connectivity index (χ0v) is 24.2. The van der Waals surface area contributed by atoms with Crippen molar-refractivity contribution < 1.29 is 9.53 Å². The van der Waals surface area contributed by atoms with Gasteiger partial charge in [-0.15, -0.1) is 11.3 Å². The molecule has 5 rings (SSSR count). The van der Waals surface area contributed by atoms with Gasteiger partial charge in [-0.2, -0.15) is 0 Å². The molecule has 2 aliphatic heterocycles. The van der Waals surface area contributed by atoms with E-state index in [1.165, 1.54) is 21.6 Å². The molecule has 2 aliphatic rings. The summed E-state index contributed by atoms with van der Waals surface area (Å²) < 4.78 is 8.18. The number of piperidine rings is 1. The largest absolute Gasteiger partial charge is 0.493 e. The van der Waals surface area contributed by atoms with Gasteiger partial charge in [-0.1, -0.05) is 34.6 Å². The second-order valence-electron chi connectivity index (χ2n) is 12.4. The highest BCUT2D eigenvalue weighted by Gasteiger charge is 2.34. The Morgan fingerprint density at radius 1 is 1.19 bits per heavy atom. The fraction of sp³-hybridized carbons (Fsp3) is 0.567. The number of hydrogen-bond donors (Lipinski definition) is 0. The lowest BCUT2D eigenvalue weighted by Gasteiger charge is -2.36. The average Bonchev–Trinajstić information content (AvgIpc) is 3.44. The number of amides is 1. The van der Waals surface area contributed by atoms with Crippen LogP contribution in [0.3, 0.4) is 0 Å². The molecule has 37 heavy (non-hydrogen) atoms. The fourth-order valence-corrected chi connectivity index (χ4v) is 6.68. The minimum atomic E-state index is -0.0130. The van der Waals surface area contributed by atoms with Crippen LogP contribution in [0.25, 0.3) is 10.6 Å². The molecule has 0 spiro atoms. The summed E-state index contributed by atoms with van der Waals surface area (Å²) in [5, 5.41) is 1.08. The van der Waals surface area contributed by atoms with Gasteiger partial charge < -0.3 is 14.2 Å². The Labute approximate surface area is 225 Å². The Morgan fingerprint density at radius 3 is 2.57 bits per heavy atom. The summed E-state index contributed by atoms with van der Waals surface area (Å²) in [6, 6.07) is 4.61. The highest BCUT2D eigenvalue weighted by Crippen LogP contribution is 2.47. The summed E-state index contributed by atoms with van der Waals surface area (Å²) in [7, 11) is 0. The van der Waals surface area contributed by atoms with Gasteiger partial charge in [0.1, 0.15) is 23.1 Å². The maximum absolute atomic E-state index is 12.9. The van der Waals surface area contributed by atoms with Crippen molar-refractivity contribution in [2.45, 2.75) is 91.0 Å². The standard InChI is InChI=1S/C30H40N4O2S/c1-19-17-34(20(2)32-19)18-26(35)33-11-8-21(9-12-33)25-16-31-28(37-25)22-14-23(29(3,4)5)27-24(15-22)30(6,7)10-13-36-27/h14-17,21H,8-13,18H2,1-7H3. The van der Waals surface area contributed by atoms with Gasteiger partial charge in [0.25, 0.3) is 0 Å². The second-order valence-corrected chi connectivity index (χ2v) is 13.5. The van der Waals surface area contributed by atoms with E-state index in [9.17, 15) is 4.79 Å². The lowest BCUT2D eigenvalue weighted by Crippen LogP contribution is -2.39. The first-order valence-corrected chi connectivity index (χ1v) is 14.3. The first-order chi connectivity index (χ1) is 17.4. The van der Waals surface area contributed by atoms with E-state index in [2.05, 4.69) is 57.9 Å². The molecule has 0 radical (unpaired) electrons. The number of thiazole rings is 1. The number of rotatable bonds is 4. The van der Waals surface area contributed by atoms with Gasteiger partial charge in [-0.25, -0.2) is 9.97 Å². The molecule has 0 bridgehead atoms. The summed E-state index contributed by atoms with van der Waals surface area (Å²) in [4.78, 5) is 25.5. The van der Waals surface area contributed by atoms with Crippen molar-refractivity contribution in [2.75, 3.05) is 19.7 Å². The number of imidazole rings is 1. The van der Waals surface area contributed by atoms with Crippen LogP contribution >= 0.6 is 11.3 Å². The maximum Gasteiger partial charge on any atom is 0.242 e. The van der Waals surface area contributed by atoms with Gasteiger partial charge >= 0.3 is 0 Å². The number of hydrogen-bond acceptors (Lipinski definition) is 5. The van der Waals surface area contributed by atoms with E-state index in [1.807, 2.05) is 40.8 Å². The number of nitrogens with zero attached hydrogens (tertiary/aromatic N) is 4. The molecule has 3 aromatic rings. The van der Waals surface area contributed by atoms with Crippen LogP contribution in [0.2, 0.25) is 0 Å². The topological polar surface area (TPSA) is 60.2 Å². The zero-order chi connectivity index (χ0) is 26.5. The number of carbonyl (C=O) groups is 1. The maximum atomic E-state index is 12.9. The molecule has 6 nitrogen and oxygen atoms in total. The van der Waals surface area contributed by atoms with Crippen LogP contribution in [0.15, 0.2) is 24.5 Å². The first-order valence-electron chi connectivity index (χ1n) is 13.5. The van der Waals surface area contributed by atoms with E-state index in [4.69, 9.17) is 9.72 Å². The summed E-state index contributed by atoms with van der Waals surface area (Å²) in [6.07, 6.45) is 7.00. The molecule has 4 heterocycles. The highest BCUT2D eigenvalue weighted by molar-refractivity contribution is 7.15. The zero-order valence-electron chi connectivity index (χ0n) is 23.4. The van der Waals surface area contributed by atoms with E-state index in [1.54, 1.807) is 0 Å². The van der Waals surface area contributed by atoms with Crippen molar-refractivity contribution in [2.24, 2.45) is 0 Å². The molecule has 2 aromatic heterocycles. The molecule has 7 heteroatoms. The van der Waals surface area contributed by atoms with Crippen LogP contribution in [0.5, 0.6) is 5.75 Å². The highest BCUT2D eigenvalue weighted by atomic mass is 32.1. The third-order valence-corrected chi connectivity index (χ3v) is 9.23. The molecular weight excluding hydrogens is 480 g/mol. The lowest BCUT2D eigenvalue weighted by molar-refractivity contribution is -0.132. The van der Waals surface area contributed by atoms with Gasteiger partial charge in [0.15, 0.2) is 0 Å². The number of aromatic nitrogens is 3. The molecule has 198 valence electrons. The third-order valence-electron chi connectivity index (χ3n) is 8.02. The summed E-state index contributed by atoms with van der Waals surface area (Å²) in [6.45, 7) is 18.1. The van der Waals surface area contributed by atoms with Crippen molar-refractivity contribution in [1.82, 2.24) is 19.4 Å². The second kappa shape index (κ2) is 9.57. The molecular formula is C30H40N4O2S. The molecule has 1 saturated heterocycles. The quantitative estimate of drug-likeness (QED) is 0.400. The van der Waals surface area contributed by atoms with Crippen LogP contribution in [0.4, 0.5) is 0 Å². The van der Waals surface area contributed by atoms with E-state index in [0.717, 1.165) is 61.2 Å². The van der Waals surface area contributed by atoms with Crippen molar-refractivity contribution in [3.63, 3.8) is 0 Å². The van der Waals surface area contributed by atoms with Gasteiger partial charge in [0.2, 0.25) is 5.91 Å². The van der Waals surface area contributed by atoms with Crippen LogP contribution in [-0.4, -0.2) is 45.0 Å². The lowest BCUT2D eigenvalue weighted by atomic mass is 9.75. The summed E-state index contributed by atoms with van der Waals surface area (Å²) in [5.74, 6) is 2.59. The number of fused-ring (bicyclic) bond motifs is 1. The van der Waals surface area contributed by atoms with Crippen LogP contribution in [-0.2, 0) is 22.2 Å². The number of carbonyl (C=O) groups excluding carboxylic acids is 1. The van der Waals surface area contributed by atoms with Gasteiger partial charge in [-0.05, 0) is 62.0 Å². The van der Waals surface area contributed by atoms with E-state index >= 15 is 0 Å². The van der Waals surface area contributed by atoms with Crippen molar-refractivity contribution >= 4 is 17.2 Å². The average molecular weight is 521 g/mol. The Kier molecular flexibility index (Phi) is 6.71. The molecule has 0 atom stereocenters. The minimum Gasteiger partial charge on any atom is -0.493 e. The molecule has 0 saturated carbocycles. The molecule has 1 amide bonds. The van der Waals surface area contributed by atoms with E-state index in [0.29, 0.717) is 12.5 Å². The third kappa shape index (κ3) is 5.20. The number of aryl methyl sites for hydroxylation is 2. The van der Waals surface area contributed by atoms with E-state index in [-0.39, 0.29) is 16.7 Å². The Hall–Kier alpha value is -2.67. The molecule has 0 N–H and O–H groups in total. The first kappa shape index (κ1) is 26.0. The smallest absolute Gasteiger partial charge is 0.242 e. The van der Waals surface area contributed by atoms with Gasteiger partial charge in [0, 0.05) is 47.1 Å². The molecule has 1 fully saturated rings. The molecule has 0 aliphatic carbocycles. The normalized spacial score (nSPS) is 18.0. The number of likely N-dealkylation sites (tertiary alicyclic amines) is 1. The molecule has 1 aromatic carbocycles. The predicted octanol–water partition coefficient (Wildman–Crippen LogP) is 6.39. The number of ether oxygens (including phenoxy) is 1. The Bertz CT molecular complexity index is 1290. The van der Waals surface area contributed by atoms with Crippen molar-refractivity contribution in [1.29, 1.82) is 0 Å². The predicted molar refractivity (Wildman–Crippen MR) is 150 cm³/mol. The Morgan fingerprint density at radius 2 is 1.92 bits per heavy atom. The van der Waals surface area contributed by atoms with Crippen LogP contribution < -0.4 is 4.74 Å². The van der Waals surface area contributed by atoms with Crippen LogP contribution in [0.1, 0.15) is 87.3 Å². The monoisotopic (exact) mass is 520 g/mol. The van der Waals surface area contributed by atoms with Gasteiger partial charge in [0.05, 0.1) is 12.3 Å². The molecule has 0 unspecified atom stereocenters. The van der Waals surface area contributed by atoms with E-state index < -0.39 is 0 Å². The fourth-order valence-electron chi connectivity index (χ4n) is 5.61. The van der Waals surface area contributed by atoms with Crippen molar-refractivity contribution in [3.8, 4) is 16.3 Å². The summed E-state index contributed by atoms with van der Waals surface area (Å²) in [5.41, 5.74) is 4.78. The SMILES string of the molecule is Cc1cn(CC(=O)N2CCC(c3cnc(-c4cc(C(C)(C)C)c5c(c4)C(C)(C)CCO5)s3)CC2)c(C)n1. The van der Waals surface area contributed by atoms with Crippen molar-refractivity contribution in [3.05, 3.63) is 52.0 Å². The minimum absolute atomic E-state index is 0.0130. The summed E-state index contributed by atoms with van der Waals surface area (Å²) >= 11 is 1.81. The number of benzene rings is 1. The van der Waals surface area contributed by atoms with Crippen LogP contribution in [0, 0.1) is 13.8 Å². The Balaban J connectivity index is 1.32. The van der Waals surface area contributed by atoms with Gasteiger partial charge in [-0.3, -0.25) is 4.79 Å².